The van der Waals surface area contributed by atoms with Gasteiger partial charge in [-0.2, -0.15) is 0 Å². The molecule has 240 valence electrons. The van der Waals surface area contributed by atoms with Crippen molar-refractivity contribution < 1.29 is 33.6 Å². The first kappa shape index (κ1) is 33.9. The van der Waals surface area contributed by atoms with Gasteiger partial charge in [-0.1, -0.05) is 34.1 Å². The monoisotopic (exact) mass is 674 g/mol. The summed E-state index contributed by atoms with van der Waals surface area (Å²) in [6, 6.07) is 14.7. The molecule has 2 aromatic rings. The van der Waals surface area contributed by atoms with Crippen LogP contribution in [0.2, 0.25) is 0 Å². The predicted molar refractivity (Wildman–Crippen MR) is 169 cm³/mol. The van der Waals surface area contributed by atoms with Crippen LogP contribution in [-0.2, 0) is 23.8 Å². The number of amides is 1. The number of halogens is 1. The van der Waals surface area contributed by atoms with E-state index in [0.717, 1.165) is 29.7 Å². The number of hydrogen-bond donors (Lipinski definition) is 3. The normalized spacial score (nSPS) is 20.5. The summed E-state index contributed by atoms with van der Waals surface area (Å²) in [7, 11) is 0. The summed E-state index contributed by atoms with van der Waals surface area (Å²) >= 11 is 3.63. The molecule has 0 aromatic heterocycles. The second kappa shape index (κ2) is 15.8. The third-order valence-corrected chi connectivity index (χ3v) is 7.93. The summed E-state index contributed by atoms with van der Waals surface area (Å²) in [6.07, 6.45) is -0.299. The van der Waals surface area contributed by atoms with E-state index in [-0.39, 0.29) is 25.3 Å². The lowest BCUT2D eigenvalue weighted by atomic mass is 9.83. The van der Waals surface area contributed by atoms with E-state index in [2.05, 4.69) is 31.7 Å². The Kier molecular flexibility index (Phi) is 12.2. The molecule has 4 rings (SSSR count). The molecule has 0 bridgehead atoms. The molecule has 2 atom stereocenters. The molecular formula is C32H43BrN4O7. The summed E-state index contributed by atoms with van der Waals surface area (Å²) in [5.41, 5.74) is 5.15. The van der Waals surface area contributed by atoms with Crippen LogP contribution in [0.1, 0.15) is 57.3 Å². The molecule has 3 N–H and O–H groups in total. The molecule has 0 saturated carbocycles. The summed E-state index contributed by atoms with van der Waals surface area (Å²) in [5.74, 6) is 0.0773. The van der Waals surface area contributed by atoms with Gasteiger partial charge in [0.2, 0.25) is 5.90 Å². The second-order valence-corrected chi connectivity index (χ2v) is 12.6. The Morgan fingerprint density at radius 3 is 2.55 bits per heavy atom. The van der Waals surface area contributed by atoms with Crippen molar-refractivity contribution in [2.75, 3.05) is 52.6 Å². The van der Waals surface area contributed by atoms with Crippen molar-refractivity contribution in [1.29, 1.82) is 0 Å². The molecule has 1 fully saturated rings. The molecule has 0 radical (unpaired) electrons. The Labute approximate surface area is 267 Å². The van der Waals surface area contributed by atoms with Crippen LogP contribution in [0.5, 0.6) is 5.75 Å². The molecule has 2 heterocycles. The maximum absolute atomic E-state index is 14.2. The van der Waals surface area contributed by atoms with Gasteiger partial charge >= 0.3 is 5.97 Å². The van der Waals surface area contributed by atoms with Gasteiger partial charge in [-0.25, -0.2) is 10.4 Å². The molecule has 0 unspecified atom stereocenters. The van der Waals surface area contributed by atoms with Crippen molar-refractivity contribution in [3.63, 3.8) is 0 Å². The topological polar surface area (TPSA) is 131 Å². The smallest absolute Gasteiger partial charge is 0.306 e. The molecule has 0 aliphatic carbocycles. The third kappa shape index (κ3) is 9.24. The molecule has 11 nitrogen and oxygen atoms in total. The van der Waals surface area contributed by atoms with Crippen LogP contribution in [0.25, 0.3) is 0 Å². The van der Waals surface area contributed by atoms with Gasteiger partial charge in [-0.3, -0.25) is 19.9 Å². The first-order valence-electron chi connectivity index (χ1n) is 15.0. The number of rotatable bonds is 14. The van der Waals surface area contributed by atoms with E-state index in [1.165, 1.54) is 0 Å². The highest BCUT2D eigenvalue weighted by atomic mass is 79.9. The maximum Gasteiger partial charge on any atom is 0.306 e. The highest BCUT2D eigenvalue weighted by molar-refractivity contribution is 9.10. The number of nitrogens with zero attached hydrogens (tertiary/aromatic N) is 2. The fourth-order valence-electron chi connectivity index (χ4n) is 5.01. The maximum atomic E-state index is 14.2. The largest absolute Gasteiger partial charge is 0.494 e. The average molecular weight is 676 g/mol. The zero-order valence-corrected chi connectivity index (χ0v) is 27.2. The molecule has 2 aliphatic rings. The Balaban J connectivity index is 1.63. The van der Waals surface area contributed by atoms with E-state index in [9.17, 15) is 9.59 Å². The van der Waals surface area contributed by atoms with E-state index < -0.39 is 29.1 Å². The number of aliphatic hydroxyl groups is 1. The van der Waals surface area contributed by atoms with Gasteiger partial charge in [-0.05, 0) is 57.5 Å². The molecule has 2 aliphatic heterocycles. The number of benzene rings is 2. The minimum absolute atomic E-state index is 0.0444. The SMILES string of the molecule is CC(C)(C)OC(=O)CC[C@]1(C(=O)NNCCN2CCOCC2)N=C(c2ccc(OCCCO)cc2)O[C@H]1c1ccccc1Br. The quantitative estimate of drug-likeness (QED) is 0.156. The second-order valence-electron chi connectivity index (χ2n) is 11.7. The van der Waals surface area contributed by atoms with E-state index in [0.29, 0.717) is 44.1 Å². The zero-order valence-electron chi connectivity index (χ0n) is 25.6. The van der Waals surface area contributed by atoms with Crippen molar-refractivity contribution in [3.8, 4) is 5.75 Å². The van der Waals surface area contributed by atoms with Crippen LogP contribution >= 0.6 is 15.9 Å². The summed E-state index contributed by atoms with van der Waals surface area (Å²) in [4.78, 5) is 34.3. The van der Waals surface area contributed by atoms with Crippen LogP contribution in [-0.4, -0.2) is 91.5 Å². The number of esters is 1. The summed E-state index contributed by atoms with van der Waals surface area (Å²) in [6.45, 7) is 10.2. The molecule has 1 amide bonds. The number of aliphatic hydroxyl groups excluding tert-OH is 1. The standard InChI is InChI=1S/C32H43BrN4O7/c1-31(2,3)44-27(39)13-14-32(30(40)36-34-15-16-37-17-21-41-22-18-37)28(25-7-4-5-8-26(25)33)43-29(35-32)23-9-11-24(12-10-23)42-20-6-19-38/h4-5,7-12,28,34,38H,6,13-22H2,1-3H3,(H,36,40)/t28-,32-/m0/s1. The van der Waals surface area contributed by atoms with Gasteiger partial charge < -0.3 is 24.1 Å². The highest BCUT2D eigenvalue weighted by Gasteiger charge is 2.54. The van der Waals surface area contributed by atoms with Crippen LogP contribution in [0.3, 0.4) is 0 Å². The molecule has 44 heavy (non-hydrogen) atoms. The number of hydrogen-bond acceptors (Lipinski definition) is 10. The van der Waals surface area contributed by atoms with Gasteiger partial charge in [0.25, 0.3) is 5.91 Å². The average Bonchev–Trinajstić information content (AvgIpc) is 3.39. The number of morpholine rings is 1. The Morgan fingerprint density at radius 1 is 1.14 bits per heavy atom. The Morgan fingerprint density at radius 2 is 1.86 bits per heavy atom. The number of carbonyl (C=O) groups excluding carboxylic acids is 2. The van der Waals surface area contributed by atoms with Crippen molar-refractivity contribution >= 4 is 33.7 Å². The van der Waals surface area contributed by atoms with Gasteiger partial charge in [0.05, 0.1) is 19.8 Å². The Hall–Kier alpha value is -3.03. The van der Waals surface area contributed by atoms with Gasteiger partial charge in [0.15, 0.2) is 11.6 Å². The number of nitrogens with one attached hydrogen (secondary N) is 2. The number of aliphatic imine (C=N–C) groups is 1. The minimum atomic E-state index is -1.49. The fourth-order valence-corrected chi connectivity index (χ4v) is 5.50. The molecular weight excluding hydrogens is 632 g/mol. The van der Waals surface area contributed by atoms with E-state index in [4.69, 9.17) is 29.0 Å². The third-order valence-electron chi connectivity index (χ3n) is 7.21. The highest BCUT2D eigenvalue weighted by Crippen LogP contribution is 2.45. The van der Waals surface area contributed by atoms with Gasteiger partial charge in [-0.15, -0.1) is 0 Å². The number of ether oxygens (including phenoxy) is 4. The summed E-state index contributed by atoms with van der Waals surface area (Å²) < 4.78 is 23.9. The van der Waals surface area contributed by atoms with Crippen molar-refractivity contribution in [2.24, 2.45) is 4.99 Å². The van der Waals surface area contributed by atoms with Gasteiger partial charge in [0.1, 0.15) is 11.4 Å². The van der Waals surface area contributed by atoms with Crippen LogP contribution < -0.4 is 15.6 Å². The fraction of sp³-hybridized carbons (Fsp3) is 0.531. The van der Waals surface area contributed by atoms with Crippen LogP contribution in [0.15, 0.2) is 58.0 Å². The van der Waals surface area contributed by atoms with E-state index >= 15 is 0 Å². The lowest BCUT2D eigenvalue weighted by Crippen LogP contribution is -2.54. The van der Waals surface area contributed by atoms with E-state index in [1.54, 1.807) is 12.1 Å². The van der Waals surface area contributed by atoms with Crippen molar-refractivity contribution in [1.82, 2.24) is 15.8 Å². The predicted octanol–water partition coefficient (Wildman–Crippen LogP) is 3.54. The summed E-state index contributed by atoms with van der Waals surface area (Å²) in [5, 5.41) is 9.04. The molecule has 1 saturated heterocycles. The van der Waals surface area contributed by atoms with Crippen molar-refractivity contribution in [2.45, 2.75) is 57.3 Å². The molecule has 2 aromatic carbocycles. The number of carbonyl (C=O) groups is 2. The van der Waals surface area contributed by atoms with E-state index in [1.807, 2.05) is 57.2 Å². The molecule has 0 spiro atoms. The van der Waals surface area contributed by atoms with Gasteiger partial charge in [0, 0.05) is 61.2 Å². The first-order valence-corrected chi connectivity index (χ1v) is 15.8. The lowest BCUT2D eigenvalue weighted by Gasteiger charge is -2.31. The van der Waals surface area contributed by atoms with Crippen LogP contribution in [0, 0.1) is 0 Å². The molecule has 12 heteroatoms. The lowest BCUT2D eigenvalue weighted by molar-refractivity contribution is -0.155. The minimum Gasteiger partial charge on any atom is -0.494 e. The Bertz CT molecular complexity index is 1280. The zero-order chi connectivity index (χ0) is 31.6. The first-order chi connectivity index (χ1) is 21.1. The van der Waals surface area contributed by atoms with Crippen LogP contribution in [0.4, 0.5) is 0 Å². The van der Waals surface area contributed by atoms with Crippen molar-refractivity contribution in [3.05, 3.63) is 64.1 Å². The number of hydrazine groups is 1.